The molecule has 0 aliphatic heterocycles. The first-order valence-electron chi connectivity index (χ1n) is 6.58. The Balaban J connectivity index is 2.77. The molecule has 3 N–H and O–H groups in total. The number of nitrogens with two attached hydrogens (primary N) is 1. The van der Waals surface area contributed by atoms with Crippen molar-refractivity contribution in [2.24, 2.45) is 17.6 Å². The predicted octanol–water partition coefficient (Wildman–Crippen LogP) is 3.45. The van der Waals surface area contributed by atoms with Crippen LogP contribution < -0.4 is 5.73 Å². The number of benzene rings is 1. The van der Waals surface area contributed by atoms with Crippen LogP contribution in [-0.2, 0) is 0 Å². The first kappa shape index (κ1) is 15.5. The zero-order valence-electron chi connectivity index (χ0n) is 11.8. The van der Waals surface area contributed by atoms with E-state index in [2.05, 4.69) is 52.0 Å². The van der Waals surface area contributed by atoms with Crippen LogP contribution in [0.25, 0.3) is 0 Å². The van der Waals surface area contributed by atoms with Gasteiger partial charge in [0.2, 0.25) is 0 Å². The lowest BCUT2D eigenvalue weighted by Gasteiger charge is -2.25. The number of hydrogen-bond donors (Lipinski definition) is 2. The predicted molar refractivity (Wildman–Crippen MR) is 79.8 cm³/mol. The Morgan fingerprint density at radius 2 is 1.67 bits per heavy atom. The van der Waals surface area contributed by atoms with Crippen LogP contribution in [-0.4, -0.2) is 17.0 Å². The average Bonchev–Trinajstić information content (AvgIpc) is 2.29. The average molecular weight is 267 g/mol. The second-order valence-electron chi connectivity index (χ2n) is 5.35. The van der Waals surface area contributed by atoms with E-state index in [1.165, 1.54) is 4.90 Å². The van der Waals surface area contributed by atoms with Gasteiger partial charge in [-0.2, -0.15) is 0 Å². The monoisotopic (exact) mass is 267 g/mol. The molecular formula is C15H25NOS. The highest BCUT2D eigenvalue weighted by atomic mass is 32.2. The minimum Gasteiger partial charge on any atom is -0.396 e. The van der Waals surface area contributed by atoms with Crippen molar-refractivity contribution in [2.45, 2.75) is 43.9 Å². The Hall–Kier alpha value is -0.510. The third-order valence-electron chi connectivity index (χ3n) is 3.17. The molecular weight excluding hydrogens is 242 g/mol. The molecule has 0 heterocycles. The molecule has 1 aromatic rings. The lowest BCUT2D eigenvalue weighted by Crippen LogP contribution is -2.28. The summed E-state index contributed by atoms with van der Waals surface area (Å²) in [6.07, 6.45) is 0. The third-order valence-corrected chi connectivity index (χ3v) is 4.18. The number of hydrogen-bond acceptors (Lipinski definition) is 3. The van der Waals surface area contributed by atoms with Crippen molar-refractivity contribution in [1.82, 2.24) is 0 Å². The molecule has 0 aromatic heterocycles. The van der Waals surface area contributed by atoms with Crippen LogP contribution in [0.4, 0.5) is 0 Å². The van der Waals surface area contributed by atoms with Crippen molar-refractivity contribution in [2.75, 3.05) is 6.61 Å². The third kappa shape index (κ3) is 4.30. The number of rotatable bonds is 6. The lowest BCUT2D eigenvalue weighted by molar-refractivity contribution is 0.166. The highest BCUT2D eigenvalue weighted by molar-refractivity contribution is 7.99. The molecule has 0 bridgehead atoms. The summed E-state index contributed by atoms with van der Waals surface area (Å²) >= 11 is 1.85. The zero-order valence-corrected chi connectivity index (χ0v) is 12.6. The summed E-state index contributed by atoms with van der Waals surface area (Å²) < 4.78 is 0. The second kappa shape index (κ2) is 7.17. The molecule has 1 aromatic carbocycles. The van der Waals surface area contributed by atoms with E-state index in [-0.39, 0.29) is 18.6 Å². The fraction of sp³-hybridized carbons (Fsp3) is 0.600. The lowest BCUT2D eigenvalue weighted by atomic mass is 9.86. The maximum atomic E-state index is 9.42. The van der Waals surface area contributed by atoms with Crippen LogP contribution in [0.2, 0.25) is 0 Å². The van der Waals surface area contributed by atoms with Crippen molar-refractivity contribution >= 4 is 11.8 Å². The van der Waals surface area contributed by atoms with Gasteiger partial charge in [-0.25, -0.2) is 0 Å². The second-order valence-corrected chi connectivity index (χ2v) is 7.00. The molecule has 2 nitrogen and oxygen atoms in total. The fourth-order valence-corrected chi connectivity index (χ4v) is 2.86. The van der Waals surface area contributed by atoms with Gasteiger partial charge in [-0.1, -0.05) is 39.8 Å². The van der Waals surface area contributed by atoms with Crippen molar-refractivity contribution in [3.05, 3.63) is 29.8 Å². The van der Waals surface area contributed by atoms with Gasteiger partial charge in [0.15, 0.2) is 0 Å². The van der Waals surface area contributed by atoms with Crippen LogP contribution >= 0.6 is 11.8 Å². The molecule has 0 radical (unpaired) electrons. The van der Waals surface area contributed by atoms with Gasteiger partial charge in [-0.15, -0.1) is 11.8 Å². The summed E-state index contributed by atoms with van der Waals surface area (Å²) in [4.78, 5) is 1.27. The van der Waals surface area contributed by atoms with Crippen LogP contribution in [0, 0.1) is 11.8 Å². The quantitative estimate of drug-likeness (QED) is 0.776. The molecule has 2 atom stereocenters. The van der Waals surface area contributed by atoms with Gasteiger partial charge in [0.05, 0.1) is 0 Å². The van der Waals surface area contributed by atoms with Crippen molar-refractivity contribution in [1.29, 1.82) is 0 Å². The Morgan fingerprint density at radius 1 is 1.11 bits per heavy atom. The number of aliphatic hydroxyl groups excluding tert-OH is 1. The summed E-state index contributed by atoms with van der Waals surface area (Å²) in [6.45, 7) is 8.71. The SMILES string of the molecule is CC(C)Sc1ccc(C(N)C(CO)C(C)C)cc1. The van der Waals surface area contributed by atoms with Gasteiger partial charge in [0, 0.05) is 28.7 Å². The Kier molecular flexibility index (Phi) is 6.19. The minimum absolute atomic E-state index is 0.0897. The molecule has 102 valence electrons. The number of thioether (sulfide) groups is 1. The molecule has 0 saturated heterocycles. The van der Waals surface area contributed by atoms with E-state index in [4.69, 9.17) is 5.73 Å². The molecule has 0 aliphatic rings. The van der Waals surface area contributed by atoms with E-state index in [9.17, 15) is 5.11 Å². The normalized spacial score (nSPS) is 15.1. The van der Waals surface area contributed by atoms with E-state index in [1.807, 2.05) is 11.8 Å². The van der Waals surface area contributed by atoms with Gasteiger partial charge in [-0.3, -0.25) is 0 Å². The van der Waals surface area contributed by atoms with E-state index in [0.717, 1.165) is 5.56 Å². The highest BCUT2D eigenvalue weighted by Gasteiger charge is 2.21. The van der Waals surface area contributed by atoms with Crippen molar-refractivity contribution in [3.63, 3.8) is 0 Å². The van der Waals surface area contributed by atoms with Gasteiger partial charge in [-0.05, 0) is 23.6 Å². The summed E-state index contributed by atoms with van der Waals surface area (Å²) in [6, 6.07) is 8.32. The van der Waals surface area contributed by atoms with E-state index < -0.39 is 0 Å². The summed E-state index contributed by atoms with van der Waals surface area (Å²) in [7, 11) is 0. The van der Waals surface area contributed by atoms with Gasteiger partial charge in [0.25, 0.3) is 0 Å². The Morgan fingerprint density at radius 3 is 2.06 bits per heavy atom. The molecule has 0 spiro atoms. The first-order valence-corrected chi connectivity index (χ1v) is 7.46. The van der Waals surface area contributed by atoms with Gasteiger partial charge >= 0.3 is 0 Å². The molecule has 3 heteroatoms. The van der Waals surface area contributed by atoms with Crippen molar-refractivity contribution in [3.8, 4) is 0 Å². The van der Waals surface area contributed by atoms with E-state index >= 15 is 0 Å². The van der Waals surface area contributed by atoms with Crippen LogP contribution in [0.15, 0.2) is 29.2 Å². The summed E-state index contributed by atoms with van der Waals surface area (Å²) in [5.74, 6) is 0.503. The largest absolute Gasteiger partial charge is 0.396 e. The molecule has 0 saturated carbocycles. The standard InChI is InChI=1S/C15H25NOS/c1-10(2)14(9-17)15(16)12-5-7-13(8-6-12)18-11(3)4/h5-8,10-11,14-15,17H,9,16H2,1-4H3. The number of aliphatic hydroxyl groups is 1. The first-order chi connectivity index (χ1) is 8.45. The molecule has 18 heavy (non-hydrogen) atoms. The van der Waals surface area contributed by atoms with Crippen LogP contribution in [0.3, 0.4) is 0 Å². The Labute approximate surface area is 115 Å². The van der Waals surface area contributed by atoms with Gasteiger partial charge < -0.3 is 10.8 Å². The van der Waals surface area contributed by atoms with Crippen LogP contribution in [0.5, 0.6) is 0 Å². The van der Waals surface area contributed by atoms with Crippen LogP contribution in [0.1, 0.15) is 39.3 Å². The summed E-state index contributed by atoms with van der Waals surface area (Å²) in [5.41, 5.74) is 7.34. The zero-order chi connectivity index (χ0) is 13.7. The highest BCUT2D eigenvalue weighted by Crippen LogP contribution is 2.28. The van der Waals surface area contributed by atoms with E-state index in [1.54, 1.807) is 0 Å². The minimum atomic E-state index is -0.0897. The maximum Gasteiger partial charge on any atom is 0.0479 e. The van der Waals surface area contributed by atoms with Gasteiger partial charge in [0.1, 0.15) is 0 Å². The molecule has 0 amide bonds. The fourth-order valence-electron chi connectivity index (χ4n) is 2.03. The topological polar surface area (TPSA) is 46.2 Å². The molecule has 2 unspecified atom stereocenters. The van der Waals surface area contributed by atoms with Crippen molar-refractivity contribution < 1.29 is 5.11 Å². The molecule has 1 rings (SSSR count). The maximum absolute atomic E-state index is 9.42. The Bertz CT molecular complexity index is 348. The molecule has 0 fully saturated rings. The molecule has 0 aliphatic carbocycles. The van der Waals surface area contributed by atoms with E-state index in [0.29, 0.717) is 11.2 Å². The smallest absolute Gasteiger partial charge is 0.0479 e. The summed E-state index contributed by atoms with van der Waals surface area (Å²) in [5, 5.41) is 10.0.